The summed E-state index contributed by atoms with van der Waals surface area (Å²) < 4.78 is 7.13. The quantitative estimate of drug-likeness (QED) is 0.303. The van der Waals surface area contributed by atoms with Crippen molar-refractivity contribution < 1.29 is 14.5 Å². The first-order chi connectivity index (χ1) is 12.6. The SMILES string of the molecule is Cn1ccnc1C(=O)c1ccc(NCCCOCC2CC2)c([N+](=O)[O-])c1. The van der Waals surface area contributed by atoms with E-state index in [0.717, 1.165) is 18.9 Å². The van der Waals surface area contributed by atoms with Crippen molar-refractivity contribution in [3.63, 3.8) is 0 Å². The van der Waals surface area contributed by atoms with E-state index in [0.29, 0.717) is 18.8 Å². The molecule has 1 N–H and O–H groups in total. The lowest BCUT2D eigenvalue weighted by atomic mass is 10.1. The van der Waals surface area contributed by atoms with Gasteiger partial charge in [0.2, 0.25) is 5.78 Å². The molecule has 3 rings (SSSR count). The fraction of sp³-hybridized carbons (Fsp3) is 0.444. The third-order valence-electron chi connectivity index (χ3n) is 4.31. The molecule has 2 aromatic rings. The number of benzene rings is 1. The second-order valence-electron chi connectivity index (χ2n) is 6.48. The van der Waals surface area contributed by atoms with Crippen molar-refractivity contribution in [3.05, 3.63) is 52.1 Å². The summed E-state index contributed by atoms with van der Waals surface area (Å²) in [5, 5.41) is 14.4. The zero-order valence-corrected chi connectivity index (χ0v) is 14.7. The first-order valence-corrected chi connectivity index (χ1v) is 8.68. The van der Waals surface area contributed by atoms with Gasteiger partial charge in [-0.25, -0.2) is 4.98 Å². The minimum absolute atomic E-state index is 0.121. The average molecular weight is 358 g/mol. The Kier molecular flexibility index (Phi) is 5.62. The molecule has 1 heterocycles. The second kappa shape index (κ2) is 8.09. The van der Waals surface area contributed by atoms with Gasteiger partial charge in [-0.2, -0.15) is 0 Å². The number of hydrogen-bond donors (Lipinski definition) is 1. The van der Waals surface area contributed by atoms with Crippen molar-refractivity contribution >= 4 is 17.2 Å². The molecule has 0 atom stereocenters. The van der Waals surface area contributed by atoms with Crippen LogP contribution in [0.4, 0.5) is 11.4 Å². The molecule has 8 nitrogen and oxygen atoms in total. The summed E-state index contributed by atoms with van der Waals surface area (Å²) in [6.07, 6.45) is 6.45. The monoisotopic (exact) mass is 358 g/mol. The molecule has 1 fully saturated rings. The van der Waals surface area contributed by atoms with Crippen LogP contribution in [-0.4, -0.2) is 40.0 Å². The van der Waals surface area contributed by atoms with Crippen molar-refractivity contribution in [1.29, 1.82) is 0 Å². The van der Waals surface area contributed by atoms with E-state index in [1.165, 1.54) is 25.1 Å². The highest BCUT2D eigenvalue weighted by molar-refractivity contribution is 6.07. The number of ether oxygens (including phenoxy) is 1. The van der Waals surface area contributed by atoms with Crippen LogP contribution in [-0.2, 0) is 11.8 Å². The largest absolute Gasteiger partial charge is 0.381 e. The molecule has 8 heteroatoms. The molecule has 0 bridgehead atoms. The number of nitrogens with zero attached hydrogens (tertiary/aromatic N) is 3. The number of nitro benzene ring substituents is 1. The molecular formula is C18H22N4O4. The third-order valence-corrected chi connectivity index (χ3v) is 4.31. The van der Waals surface area contributed by atoms with E-state index in [2.05, 4.69) is 10.3 Å². The van der Waals surface area contributed by atoms with Gasteiger partial charge in [0.25, 0.3) is 5.69 Å². The lowest BCUT2D eigenvalue weighted by Gasteiger charge is -2.09. The fourth-order valence-electron chi connectivity index (χ4n) is 2.62. The van der Waals surface area contributed by atoms with E-state index in [4.69, 9.17) is 4.74 Å². The topological polar surface area (TPSA) is 99.3 Å². The van der Waals surface area contributed by atoms with Crippen molar-refractivity contribution in [3.8, 4) is 0 Å². The van der Waals surface area contributed by atoms with Gasteiger partial charge in [-0.05, 0) is 37.3 Å². The number of imidazole rings is 1. The van der Waals surface area contributed by atoms with E-state index >= 15 is 0 Å². The van der Waals surface area contributed by atoms with Gasteiger partial charge in [0.15, 0.2) is 5.82 Å². The van der Waals surface area contributed by atoms with Gasteiger partial charge in [0.05, 0.1) is 4.92 Å². The minimum Gasteiger partial charge on any atom is -0.381 e. The smallest absolute Gasteiger partial charge is 0.293 e. The highest BCUT2D eigenvalue weighted by Gasteiger charge is 2.21. The minimum atomic E-state index is -0.485. The number of aromatic nitrogens is 2. The van der Waals surface area contributed by atoms with Crippen molar-refractivity contribution in [1.82, 2.24) is 9.55 Å². The van der Waals surface area contributed by atoms with E-state index in [9.17, 15) is 14.9 Å². The summed E-state index contributed by atoms with van der Waals surface area (Å²) in [4.78, 5) is 27.4. The summed E-state index contributed by atoms with van der Waals surface area (Å²) in [5.74, 6) is 0.626. The maximum absolute atomic E-state index is 12.5. The average Bonchev–Trinajstić information content (AvgIpc) is 3.36. The lowest BCUT2D eigenvalue weighted by molar-refractivity contribution is -0.384. The van der Waals surface area contributed by atoms with Crippen LogP contribution >= 0.6 is 0 Å². The van der Waals surface area contributed by atoms with E-state index in [1.807, 2.05) is 0 Å². The van der Waals surface area contributed by atoms with E-state index in [1.54, 1.807) is 29.9 Å². The highest BCUT2D eigenvalue weighted by atomic mass is 16.6. The summed E-state index contributed by atoms with van der Waals surface area (Å²) in [6.45, 7) is 2.01. The number of rotatable bonds is 10. The first-order valence-electron chi connectivity index (χ1n) is 8.68. The Morgan fingerprint density at radius 1 is 1.46 bits per heavy atom. The summed E-state index contributed by atoms with van der Waals surface area (Å²) >= 11 is 0. The van der Waals surface area contributed by atoms with Crippen molar-refractivity contribution in [2.75, 3.05) is 25.1 Å². The highest BCUT2D eigenvalue weighted by Crippen LogP contribution is 2.29. The first kappa shape index (κ1) is 18.1. The van der Waals surface area contributed by atoms with Crippen molar-refractivity contribution in [2.24, 2.45) is 13.0 Å². The predicted octanol–water partition coefficient (Wildman–Crippen LogP) is 2.79. The molecule has 138 valence electrons. The van der Waals surface area contributed by atoms with Gasteiger partial charge in [-0.1, -0.05) is 0 Å². The molecule has 0 radical (unpaired) electrons. The van der Waals surface area contributed by atoms with Crippen LogP contribution < -0.4 is 5.32 Å². The van der Waals surface area contributed by atoms with Gasteiger partial charge < -0.3 is 14.6 Å². The van der Waals surface area contributed by atoms with Crippen LogP contribution in [0, 0.1) is 16.0 Å². The second-order valence-corrected chi connectivity index (χ2v) is 6.48. The number of nitrogens with one attached hydrogen (secondary N) is 1. The van der Waals surface area contributed by atoms with Gasteiger partial charge in [-0.3, -0.25) is 14.9 Å². The zero-order chi connectivity index (χ0) is 18.5. The van der Waals surface area contributed by atoms with E-state index in [-0.39, 0.29) is 22.9 Å². The summed E-state index contributed by atoms with van der Waals surface area (Å²) in [6, 6.07) is 4.44. The Labute approximate surface area is 151 Å². The molecule has 1 aliphatic carbocycles. The number of ketones is 1. The molecule has 1 aromatic carbocycles. The Balaban J connectivity index is 1.61. The Bertz CT molecular complexity index is 798. The molecular weight excluding hydrogens is 336 g/mol. The number of hydrogen-bond acceptors (Lipinski definition) is 6. The molecule has 0 spiro atoms. The normalized spacial score (nSPS) is 13.6. The molecule has 1 aromatic heterocycles. The van der Waals surface area contributed by atoms with Crippen LogP contribution in [0.15, 0.2) is 30.6 Å². The number of carbonyl (C=O) groups is 1. The zero-order valence-electron chi connectivity index (χ0n) is 14.7. The van der Waals surface area contributed by atoms with Crippen LogP contribution in [0.3, 0.4) is 0 Å². The Hall–Kier alpha value is -2.74. The lowest BCUT2D eigenvalue weighted by Crippen LogP contribution is -2.11. The van der Waals surface area contributed by atoms with Gasteiger partial charge in [0.1, 0.15) is 5.69 Å². The fourth-order valence-corrected chi connectivity index (χ4v) is 2.62. The molecule has 1 saturated carbocycles. The Morgan fingerprint density at radius 3 is 2.92 bits per heavy atom. The summed E-state index contributed by atoms with van der Waals surface area (Å²) in [5.41, 5.74) is 0.516. The molecule has 0 unspecified atom stereocenters. The van der Waals surface area contributed by atoms with Gasteiger partial charge in [0, 0.05) is 50.8 Å². The molecule has 0 amide bonds. The van der Waals surface area contributed by atoms with Crippen LogP contribution in [0.5, 0.6) is 0 Å². The number of carbonyl (C=O) groups excluding carboxylic acids is 1. The molecule has 26 heavy (non-hydrogen) atoms. The summed E-state index contributed by atoms with van der Waals surface area (Å²) in [7, 11) is 1.70. The third kappa shape index (κ3) is 4.45. The van der Waals surface area contributed by atoms with Gasteiger partial charge in [-0.15, -0.1) is 0 Å². The maximum Gasteiger partial charge on any atom is 0.293 e. The van der Waals surface area contributed by atoms with Gasteiger partial charge >= 0.3 is 0 Å². The predicted molar refractivity (Wildman–Crippen MR) is 96.4 cm³/mol. The molecule has 0 saturated heterocycles. The van der Waals surface area contributed by atoms with Crippen LogP contribution in [0.2, 0.25) is 0 Å². The van der Waals surface area contributed by atoms with Crippen LogP contribution in [0.1, 0.15) is 35.4 Å². The number of anilines is 1. The molecule has 0 aliphatic heterocycles. The number of aryl methyl sites for hydroxylation is 1. The Morgan fingerprint density at radius 2 is 2.27 bits per heavy atom. The van der Waals surface area contributed by atoms with E-state index < -0.39 is 4.92 Å². The number of nitro groups is 1. The molecule has 1 aliphatic rings. The standard InChI is InChI=1S/C18H22N4O4/c1-21-9-8-20-18(21)17(23)14-5-6-15(16(11-14)22(24)25)19-7-2-10-26-12-13-3-4-13/h5-6,8-9,11,13,19H,2-4,7,10,12H2,1H3. The van der Waals surface area contributed by atoms with Crippen LogP contribution in [0.25, 0.3) is 0 Å². The maximum atomic E-state index is 12.5. The van der Waals surface area contributed by atoms with Crippen molar-refractivity contribution in [2.45, 2.75) is 19.3 Å².